The van der Waals surface area contributed by atoms with E-state index in [2.05, 4.69) is 34.3 Å². The first kappa shape index (κ1) is 26.8. The Balaban J connectivity index is 1.25. The quantitative estimate of drug-likeness (QED) is 0.216. The third-order valence-corrected chi connectivity index (χ3v) is 9.09. The van der Waals surface area contributed by atoms with Crippen LogP contribution in [0.5, 0.6) is 0 Å². The third-order valence-electron chi connectivity index (χ3n) is 7.85. The van der Waals surface area contributed by atoms with Gasteiger partial charge in [0.25, 0.3) is 0 Å². The van der Waals surface area contributed by atoms with Crippen molar-refractivity contribution in [3.63, 3.8) is 0 Å². The number of aromatic nitrogens is 3. The molecule has 0 bridgehead atoms. The Morgan fingerprint density at radius 3 is 2.66 bits per heavy atom. The van der Waals surface area contributed by atoms with Gasteiger partial charge < -0.3 is 15.2 Å². The van der Waals surface area contributed by atoms with Gasteiger partial charge in [-0.2, -0.15) is 0 Å². The van der Waals surface area contributed by atoms with Gasteiger partial charge in [0.05, 0.1) is 23.1 Å². The summed E-state index contributed by atoms with van der Waals surface area (Å²) < 4.78 is 5.43. The van der Waals surface area contributed by atoms with Crippen LogP contribution in [-0.2, 0) is 15.1 Å². The highest BCUT2D eigenvalue weighted by Crippen LogP contribution is 2.44. The average molecular weight is 535 g/mol. The number of aliphatic hydroxyl groups is 1. The molecule has 7 nitrogen and oxygen atoms in total. The van der Waals surface area contributed by atoms with Crippen molar-refractivity contribution in [3.05, 3.63) is 52.8 Å². The lowest BCUT2D eigenvalue weighted by Gasteiger charge is -2.36. The molecule has 8 heteroatoms. The Labute approximate surface area is 229 Å². The summed E-state index contributed by atoms with van der Waals surface area (Å²) in [6, 6.07) is 8.26. The van der Waals surface area contributed by atoms with Crippen LogP contribution >= 0.6 is 11.3 Å². The van der Waals surface area contributed by atoms with Gasteiger partial charge in [-0.25, -0.2) is 15.0 Å². The molecule has 2 saturated carbocycles. The lowest BCUT2D eigenvalue weighted by Crippen LogP contribution is -2.36. The minimum atomic E-state index is -1.06. The fourth-order valence-electron chi connectivity index (χ4n) is 5.30. The van der Waals surface area contributed by atoms with E-state index in [9.17, 15) is 9.90 Å². The van der Waals surface area contributed by atoms with Gasteiger partial charge in [0, 0.05) is 12.4 Å². The monoisotopic (exact) mass is 534 g/mol. The molecule has 3 aromatic rings. The normalized spacial score (nSPS) is 21.1. The summed E-state index contributed by atoms with van der Waals surface area (Å²) in [6.07, 6.45) is 11.1. The molecule has 1 unspecified atom stereocenters. The Bertz CT molecular complexity index is 1260. The first-order chi connectivity index (χ1) is 18.3. The topological polar surface area (TPSA) is 97.2 Å². The SMILES string of the molecule is CCCCOC(=O)[C@H]1CC[C@H](C(C)(O)c2ncc(-c3cc(C)cc(Nc4cc(C5CC5)ccn4)n3)s2)CC1. The summed E-state index contributed by atoms with van der Waals surface area (Å²) in [5.74, 6) is 2.11. The Kier molecular flexibility index (Phi) is 8.09. The molecule has 202 valence electrons. The number of carbonyl (C=O) groups is 1. The van der Waals surface area contributed by atoms with E-state index in [0.29, 0.717) is 17.5 Å². The van der Waals surface area contributed by atoms with Gasteiger partial charge in [0.1, 0.15) is 22.2 Å². The summed E-state index contributed by atoms with van der Waals surface area (Å²) in [7, 11) is 0. The largest absolute Gasteiger partial charge is 0.465 e. The van der Waals surface area contributed by atoms with Crippen LogP contribution in [0.1, 0.15) is 87.3 Å². The molecule has 0 aliphatic heterocycles. The van der Waals surface area contributed by atoms with Crippen LogP contribution in [0.15, 0.2) is 36.7 Å². The van der Waals surface area contributed by atoms with E-state index in [-0.39, 0.29) is 17.8 Å². The van der Waals surface area contributed by atoms with Crippen molar-refractivity contribution in [2.45, 2.75) is 83.7 Å². The van der Waals surface area contributed by atoms with E-state index in [1.54, 1.807) is 0 Å². The van der Waals surface area contributed by atoms with Gasteiger partial charge in [-0.1, -0.05) is 13.3 Å². The van der Waals surface area contributed by atoms with Crippen LogP contribution in [0.4, 0.5) is 11.6 Å². The van der Waals surface area contributed by atoms with Crippen molar-refractivity contribution in [2.24, 2.45) is 11.8 Å². The molecular formula is C30H38N4O3S. The number of anilines is 2. The number of pyridine rings is 2. The minimum absolute atomic E-state index is 0.0497. The third kappa shape index (κ3) is 6.24. The number of hydrogen-bond acceptors (Lipinski definition) is 8. The second-order valence-corrected chi connectivity index (χ2v) is 12.1. The molecule has 0 amide bonds. The van der Waals surface area contributed by atoms with Crippen LogP contribution < -0.4 is 5.32 Å². The van der Waals surface area contributed by atoms with Crippen molar-refractivity contribution in [3.8, 4) is 10.6 Å². The van der Waals surface area contributed by atoms with Crippen LogP contribution in [-0.4, -0.2) is 32.6 Å². The van der Waals surface area contributed by atoms with Crippen LogP contribution in [0, 0.1) is 18.8 Å². The number of nitrogens with one attached hydrogen (secondary N) is 1. The summed E-state index contributed by atoms with van der Waals surface area (Å²) >= 11 is 1.49. The van der Waals surface area contributed by atoms with Crippen LogP contribution in [0.2, 0.25) is 0 Å². The molecule has 38 heavy (non-hydrogen) atoms. The standard InChI is InChI=1S/C30H38N4O3S/c1-4-5-14-37-28(35)21-8-10-23(11-9-21)30(3,36)29-32-18-25(38-29)24-15-19(2)16-27(33-24)34-26-17-22(12-13-31-26)20-6-7-20/h12-13,15-18,20-21,23,36H,4-11,14H2,1-3H3,(H,31,33,34)/t21-,23-,30?. The predicted octanol–water partition coefficient (Wildman–Crippen LogP) is 6.89. The molecule has 0 spiro atoms. The summed E-state index contributed by atoms with van der Waals surface area (Å²) in [4.78, 5) is 27.2. The highest BCUT2D eigenvalue weighted by molar-refractivity contribution is 7.15. The highest BCUT2D eigenvalue weighted by atomic mass is 32.1. The Morgan fingerprint density at radius 2 is 1.92 bits per heavy atom. The molecule has 2 N–H and O–H groups in total. The number of unbranched alkanes of at least 4 members (excludes halogenated alkanes) is 1. The summed E-state index contributed by atoms with van der Waals surface area (Å²) in [6.45, 7) is 6.49. The molecule has 0 saturated heterocycles. The van der Waals surface area contributed by atoms with Gasteiger partial charge in [0.15, 0.2) is 0 Å². The first-order valence-corrected chi connectivity index (χ1v) is 14.7. The number of rotatable bonds is 10. The van der Waals surface area contributed by atoms with E-state index in [1.165, 1.54) is 29.7 Å². The molecule has 3 aromatic heterocycles. The van der Waals surface area contributed by atoms with E-state index < -0.39 is 5.60 Å². The van der Waals surface area contributed by atoms with Gasteiger partial charge in [-0.15, -0.1) is 11.3 Å². The molecule has 5 rings (SSSR count). The fraction of sp³-hybridized carbons (Fsp3) is 0.533. The van der Waals surface area contributed by atoms with E-state index in [1.807, 2.05) is 38.4 Å². The van der Waals surface area contributed by atoms with Crippen molar-refractivity contribution in [2.75, 3.05) is 11.9 Å². The second kappa shape index (κ2) is 11.5. The number of carbonyl (C=O) groups excluding carboxylic acids is 1. The van der Waals surface area contributed by atoms with Gasteiger partial charge in [-0.3, -0.25) is 4.79 Å². The number of thiazole rings is 1. The molecular weight excluding hydrogens is 496 g/mol. The molecule has 2 aliphatic carbocycles. The number of aryl methyl sites for hydroxylation is 1. The maximum Gasteiger partial charge on any atom is 0.308 e. The molecule has 2 fully saturated rings. The van der Waals surface area contributed by atoms with Crippen molar-refractivity contribution >= 4 is 28.9 Å². The van der Waals surface area contributed by atoms with Gasteiger partial charge in [-0.05, 0) is 106 Å². The zero-order chi connectivity index (χ0) is 26.7. The maximum absolute atomic E-state index is 12.4. The predicted molar refractivity (Wildman–Crippen MR) is 150 cm³/mol. The fourth-order valence-corrected chi connectivity index (χ4v) is 6.30. The number of nitrogens with zero attached hydrogens (tertiary/aromatic N) is 3. The van der Waals surface area contributed by atoms with Gasteiger partial charge in [0.2, 0.25) is 0 Å². The minimum Gasteiger partial charge on any atom is -0.465 e. The van der Waals surface area contributed by atoms with Crippen molar-refractivity contribution in [1.29, 1.82) is 0 Å². The Hall–Kier alpha value is -2.84. The number of hydrogen-bond donors (Lipinski definition) is 2. The summed E-state index contributed by atoms with van der Waals surface area (Å²) in [5, 5.41) is 15.6. The van der Waals surface area contributed by atoms with Crippen LogP contribution in [0.3, 0.4) is 0 Å². The first-order valence-electron chi connectivity index (χ1n) is 13.9. The summed E-state index contributed by atoms with van der Waals surface area (Å²) in [5.41, 5.74) is 2.18. The zero-order valence-corrected chi connectivity index (χ0v) is 23.4. The van der Waals surface area contributed by atoms with Crippen molar-refractivity contribution in [1.82, 2.24) is 15.0 Å². The molecule has 0 radical (unpaired) electrons. The number of esters is 1. The molecule has 3 heterocycles. The van der Waals surface area contributed by atoms with E-state index >= 15 is 0 Å². The molecule has 1 atom stereocenters. The number of ether oxygens (including phenoxy) is 1. The average Bonchev–Trinajstić information content (AvgIpc) is 3.64. The highest BCUT2D eigenvalue weighted by Gasteiger charge is 2.40. The zero-order valence-electron chi connectivity index (χ0n) is 22.6. The Morgan fingerprint density at radius 1 is 1.13 bits per heavy atom. The maximum atomic E-state index is 12.4. The molecule has 2 aliphatic rings. The molecule has 0 aromatic carbocycles. The van der Waals surface area contributed by atoms with Crippen LogP contribution in [0.25, 0.3) is 10.6 Å². The van der Waals surface area contributed by atoms with Gasteiger partial charge >= 0.3 is 5.97 Å². The van der Waals surface area contributed by atoms with E-state index in [0.717, 1.165) is 66.3 Å². The lowest BCUT2D eigenvalue weighted by molar-refractivity contribution is -0.151. The van der Waals surface area contributed by atoms with E-state index in [4.69, 9.17) is 9.72 Å². The smallest absolute Gasteiger partial charge is 0.308 e. The lowest BCUT2D eigenvalue weighted by atomic mass is 9.74. The second-order valence-electron chi connectivity index (χ2n) is 11.0. The van der Waals surface area contributed by atoms with Crippen molar-refractivity contribution < 1.29 is 14.6 Å².